The SMILES string of the molecule is COc1cc(F)ccc1C1CCN(c2nc(C3CC3)nc3cc(F)c(N(C)CCO)cc23)CC1.COc1cc(F)ccc1C1CCN(c2nc(C3CC3)nc3ccc(N(C)CCO)cc23)CC1.COc1ccc(F)cc1C1CCN(c2nc(C3CC3)nc3cc(F)c(N(C)CCO)cc23)CC1.COc1ccc(F)cc1C1CCN(c2nc(C3CC3)nc3ccc(N(C)CCO)cc23)CC1. The highest BCUT2D eigenvalue weighted by Crippen LogP contribution is 2.49. The zero-order valence-corrected chi connectivity index (χ0v) is 77.8. The summed E-state index contributed by atoms with van der Waals surface area (Å²) < 4.78 is 107. The number of halogens is 6. The fourth-order valence-corrected chi connectivity index (χ4v) is 19.4. The molecule has 4 N–H and O–H groups in total. The van der Waals surface area contributed by atoms with Gasteiger partial charge in [0.2, 0.25) is 0 Å². The minimum Gasteiger partial charge on any atom is -0.496 e. The van der Waals surface area contributed by atoms with E-state index >= 15 is 0 Å². The molecule has 12 aromatic rings. The molecule has 8 aliphatic rings. The number of ether oxygens (including phenoxy) is 4. The van der Waals surface area contributed by atoms with Gasteiger partial charge in [0, 0.05) is 199 Å². The number of benzene rings is 8. The largest absolute Gasteiger partial charge is 0.496 e. The van der Waals surface area contributed by atoms with Crippen LogP contribution in [-0.2, 0) is 0 Å². The average molecular weight is 1840 g/mol. The minimum atomic E-state index is -0.355. The van der Waals surface area contributed by atoms with Gasteiger partial charge >= 0.3 is 0 Å². The molecule has 0 amide bonds. The van der Waals surface area contributed by atoms with E-state index in [2.05, 4.69) is 56.0 Å². The van der Waals surface area contributed by atoms with E-state index in [-0.39, 0.29) is 79.1 Å². The van der Waals surface area contributed by atoms with E-state index in [4.69, 9.17) is 58.8 Å². The maximum Gasteiger partial charge on any atom is 0.148 e. The Balaban J connectivity index is 0.000000124. The second-order valence-electron chi connectivity index (χ2n) is 36.9. The van der Waals surface area contributed by atoms with Crippen LogP contribution in [0.2, 0.25) is 0 Å². The minimum absolute atomic E-state index is 0.0572. The predicted octanol–water partition coefficient (Wildman–Crippen LogP) is 18.1. The maximum absolute atomic E-state index is 14.9. The van der Waals surface area contributed by atoms with E-state index in [9.17, 15) is 46.8 Å². The first kappa shape index (κ1) is 93.9. The van der Waals surface area contributed by atoms with Crippen LogP contribution in [0.3, 0.4) is 0 Å². The van der Waals surface area contributed by atoms with Gasteiger partial charge in [0.25, 0.3) is 0 Å². The Morgan fingerprint density at radius 1 is 0.276 bits per heavy atom. The monoisotopic (exact) mass is 1840 g/mol. The summed E-state index contributed by atoms with van der Waals surface area (Å²) in [6.07, 6.45) is 16.1. The number of hydrogen-bond acceptors (Lipinski definition) is 24. The van der Waals surface area contributed by atoms with Gasteiger partial charge in [-0.25, -0.2) is 66.2 Å². The lowest BCUT2D eigenvalue weighted by atomic mass is 9.88. The number of hydrogen-bond donors (Lipinski definition) is 4. The van der Waals surface area contributed by atoms with Gasteiger partial charge in [-0.3, -0.25) is 0 Å². The Hall–Kier alpha value is -11.9. The molecule has 4 aliphatic heterocycles. The van der Waals surface area contributed by atoms with Crippen molar-refractivity contribution in [2.45, 2.75) is 150 Å². The van der Waals surface area contributed by atoms with Crippen molar-refractivity contribution >= 4 is 89.6 Å². The van der Waals surface area contributed by atoms with Gasteiger partial charge in [0.05, 0.1) is 88.3 Å². The van der Waals surface area contributed by atoms with Gasteiger partial charge in [-0.1, -0.05) is 12.1 Å². The average Bonchev–Trinajstić information content (AvgIpc) is 1.71. The van der Waals surface area contributed by atoms with E-state index in [0.717, 1.165) is 279 Å². The zero-order chi connectivity index (χ0) is 93.5. The van der Waals surface area contributed by atoms with Crippen molar-refractivity contribution < 1.29 is 65.7 Å². The molecule has 24 nitrogen and oxygen atoms in total. The lowest BCUT2D eigenvalue weighted by molar-refractivity contribution is 0.303. The standard InChI is InChI=1S/2C26H30F2N4O2.2C26H31FN4O2/c1-31(11-12-33)23-14-20-22(15-21(23)28)29-25(17-3-4-17)30-26(20)32-9-7-16(8-10-32)19-13-18(27)5-6-24(19)34-2;1-31(11-12-33)23-14-20-22(15-21(23)28)29-25(17-3-4-17)30-26(20)32-9-7-16(8-10-32)19-6-5-18(27)13-24(19)34-2;1-30(13-14-32)20-6-7-23-22(16-20)26(29-25(28-23)18-3-4-18)31-11-9-17(10-12-31)21-15-19(27)5-8-24(21)33-2;1-30(13-14-32)20-6-8-23-22(16-20)26(29-25(28-23)18-3-4-18)31-11-9-17(10-12-31)21-7-5-19(27)15-24(21)33-2/h2*5-6,13-17,33H,3-4,7-12H2,1-2H3;2*5-8,15-18,32H,3-4,9-14H2,1-2H3. The summed E-state index contributed by atoms with van der Waals surface area (Å²) in [4.78, 5) is 55.9. The Labute approximate surface area is 779 Å². The highest BCUT2D eigenvalue weighted by molar-refractivity contribution is 5.96. The Morgan fingerprint density at radius 2 is 0.545 bits per heavy atom. The first-order valence-electron chi connectivity index (χ1n) is 47.4. The molecule has 4 saturated carbocycles. The maximum atomic E-state index is 14.9. The van der Waals surface area contributed by atoms with Crippen LogP contribution < -0.4 is 58.1 Å². The van der Waals surface area contributed by atoms with E-state index in [0.29, 0.717) is 89.7 Å². The molecule has 708 valence electrons. The quantitative estimate of drug-likeness (QED) is 0.0333. The molecule has 8 heterocycles. The molecule has 0 bridgehead atoms. The van der Waals surface area contributed by atoms with Crippen LogP contribution in [0.4, 0.5) is 72.4 Å². The summed E-state index contributed by atoms with van der Waals surface area (Å²) >= 11 is 0. The first-order valence-corrected chi connectivity index (χ1v) is 47.4. The molecule has 4 aromatic heterocycles. The van der Waals surface area contributed by atoms with Gasteiger partial charge in [-0.05, 0) is 235 Å². The van der Waals surface area contributed by atoms with Gasteiger partial charge < -0.3 is 78.6 Å². The lowest BCUT2D eigenvalue weighted by Crippen LogP contribution is -2.34. The summed E-state index contributed by atoms with van der Waals surface area (Å²) in [6, 6.07) is 38.3. The third-order valence-corrected chi connectivity index (χ3v) is 27.8. The van der Waals surface area contributed by atoms with Crippen LogP contribution in [0.1, 0.15) is 196 Å². The van der Waals surface area contributed by atoms with Crippen LogP contribution in [0, 0.1) is 34.9 Å². The molecule has 30 heteroatoms. The van der Waals surface area contributed by atoms with Crippen molar-refractivity contribution in [2.24, 2.45) is 0 Å². The molecule has 134 heavy (non-hydrogen) atoms. The van der Waals surface area contributed by atoms with E-state index < -0.39 is 0 Å². The van der Waals surface area contributed by atoms with Crippen molar-refractivity contribution in [2.75, 3.05) is 201 Å². The second-order valence-corrected chi connectivity index (χ2v) is 36.9. The summed E-state index contributed by atoms with van der Waals surface area (Å²) in [5.74, 6) is 10.8. The van der Waals surface area contributed by atoms with Gasteiger partial charge in [0.15, 0.2) is 0 Å². The molecule has 4 saturated heterocycles. The van der Waals surface area contributed by atoms with Crippen LogP contribution in [-0.4, -0.2) is 222 Å². The van der Waals surface area contributed by atoms with Crippen LogP contribution >= 0.6 is 0 Å². The van der Waals surface area contributed by atoms with E-state index in [1.807, 2.05) is 36.0 Å². The number of fused-ring (bicyclic) bond motifs is 4. The summed E-state index contributed by atoms with van der Waals surface area (Å²) in [6.45, 7) is 8.41. The predicted molar refractivity (Wildman–Crippen MR) is 516 cm³/mol. The Morgan fingerprint density at radius 3 is 0.836 bits per heavy atom. The zero-order valence-electron chi connectivity index (χ0n) is 77.8. The fraction of sp³-hybridized carbons (Fsp3) is 0.462. The second kappa shape index (κ2) is 42.0. The fourth-order valence-electron chi connectivity index (χ4n) is 19.4. The topological polar surface area (TPSA) is 247 Å². The number of likely N-dealkylation sites (N-methyl/N-ethyl adjacent to an activating group) is 4. The molecule has 0 radical (unpaired) electrons. The van der Waals surface area contributed by atoms with Crippen molar-refractivity contribution in [1.82, 2.24) is 39.9 Å². The number of nitrogens with zero attached hydrogens (tertiary/aromatic N) is 16. The van der Waals surface area contributed by atoms with E-state index in [1.165, 1.54) is 48.5 Å². The van der Waals surface area contributed by atoms with Crippen LogP contribution in [0.25, 0.3) is 43.6 Å². The van der Waals surface area contributed by atoms with Crippen LogP contribution in [0.15, 0.2) is 133 Å². The van der Waals surface area contributed by atoms with Crippen molar-refractivity contribution in [3.05, 3.63) is 214 Å². The molecule has 0 spiro atoms. The number of rotatable bonds is 28. The summed E-state index contributed by atoms with van der Waals surface area (Å²) in [5, 5.41) is 41.0. The molecular formula is C104H122F6N16O8. The van der Waals surface area contributed by atoms with Gasteiger partial charge in [-0.15, -0.1) is 0 Å². The van der Waals surface area contributed by atoms with Crippen LogP contribution in [0.5, 0.6) is 23.0 Å². The number of piperidine rings is 4. The summed E-state index contributed by atoms with van der Waals surface area (Å²) in [5.41, 5.74) is 10.1. The van der Waals surface area contributed by atoms with Crippen molar-refractivity contribution in [3.8, 4) is 23.0 Å². The van der Waals surface area contributed by atoms with Gasteiger partial charge in [0.1, 0.15) is 104 Å². The molecule has 0 atom stereocenters. The molecular weight excluding hydrogens is 1720 g/mol. The summed E-state index contributed by atoms with van der Waals surface area (Å²) in [7, 11) is 13.9. The first-order chi connectivity index (χ1) is 65.1. The highest BCUT2D eigenvalue weighted by Gasteiger charge is 2.37. The molecule has 0 unspecified atom stereocenters. The van der Waals surface area contributed by atoms with Crippen molar-refractivity contribution in [1.29, 1.82) is 0 Å². The Kier molecular flexibility index (Phi) is 29.4. The van der Waals surface area contributed by atoms with Crippen molar-refractivity contribution in [3.63, 3.8) is 0 Å². The third-order valence-electron chi connectivity index (χ3n) is 27.8. The highest BCUT2D eigenvalue weighted by atomic mass is 19.1. The number of aliphatic hydroxyl groups is 4. The van der Waals surface area contributed by atoms with E-state index in [1.54, 1.807) is 88.7 Å². The number of aliphatic hydroxyl groups excluding tert-OH is 4. The molecule has 4 aliphatic carbocycles. The number of methoxy groups -OCH3 is 4. The normalized spacial score (nSPS) is 16.9. The molecule has 8 aromatic carbocycles. The lowest BCUT2D eigenvalue weighted by Gasteiger charge is -2.34. The van der Waals surface area contributed by atoms with Gasteiger partial charge in [-0.2, -0.15) is 0 Å². The number of anilines is 8. The number of aromatic nitrogens is 8. The smallest absolute Gasteiger partial charge is 0.148 e. The molecule has 8 fully saturated rings. The molecule has 20 rings (SSSR count). The third kappa shape index (κ3) is 21.4. The Bertz CT molecular complexity index is 6140.